The lowest BCUT2D eigenvalue weighted by Gasteiger charge is -2.13. The molecule has 6 aromatic heterocycles. The minimum Gasteiger partial charge on any atom is -0.461 e. The van der Waals surface area contributed by atoms with Crippen molar-refractivity contribution < 1.29 is 19.1 Å². The van der Waals surface area contributed by atoms with E-state index >= 15 is 0 Å². The first-order valence-electron chi connectivity index (χ1n) is 18.1. The Labute approximate surface area is 318 Å². The molecule has 0 saturated carbocycles. The summed E-state index contributed by atoms with van der Waals surface area (Å²) in [5, 5.41) is 4.03. The molecule has 8 rings (SSSR count). The molecule has 0 spiro atoms. The van der Waals surface area contributed by atoms with E-state index in [1.807, 2.05) is 60.7 Å². The van der Waals surface area contributed by atoms with Crippen LogP contribution in [0.2, 0.25) is 0 Å². The quantitative estimate of drug-likeness (QED) is 0.0900. The van der Waals surface area contributed by atoms with Crippen LogP contribution in [0.5, 0.6) is 0 Å². The second kappa shape index (κ2) is 15.9. The van der Waals surface area contributed by atoms with Gasteiger partial charge in [-0.1, -0.05) is 36.4 Å². The van der Waals surface area contributed by atoms with Crippen molar-refractivity contribution in [3.05, 3.63) is 121 Å². The predicted octanol–water partition coefficient (Wildman–Crippen LogP) is 9.46. The lowest BCUT2D eigenvalue weighted by atomic mass is 10.1. The molecular weight excluding hydrogens is 700 g/mol. The van der Waals surface area contributed by atoms with Crippen LogP contribution in [0, 0.1) is 0 Å². The van der Waals surface area contributed by atoms with Crippen LogP contribution in [0.4, 0.5) is 0 Å². The van der Waals surface area contributed by atoms with Gasteiger partial charge < -0.3 is 18.6 Å². The zero-order valence-corrected chi connectivity index (χ0v) is 30.9. The van der Waals surface area contributed by atoms with Crippen molar-refractivity contribution in [3.8, 4) is 22.5 Å². The van der Waals surface area contributed by atoms with Crippen LogP contribution in [-0.4, -0.2) is 54.2 Å². The summed E-state index contributed by atoms with van der Waals surface area (Å²) in [5.74, 6) is -0.888. The van der Waals surface area contributed by atoms with Crippen molar-refractivity contribution in [2.75, 3.05) is 13.2 Å². The number of carbonyl (C=O) groups is 2. The molecule has 2 aromatic carbocycles. The molecule has 10 nitrogen and oxygen atoms in total. The van der Waals surface area contributed by atoms with E-state index in [-0.39, 0.29) is 37.0 Å². The lowest BCUT2D eigenvalue weighted by molar-refractivity contribution is 0.0510. The zero-order chi connectivity index (χ0) is 36.3. The number of para-hydroxylation sites is 2. The van der Waals surface area contributed by atoms with Gasteiger partial charge in [0.1, 0.15) is 11.4 Å². The fraction of sp³-hybridized carbons (Fsp3) is 0.209. The van der Waals surface area contributed by atoms with E-state index in [4.69, 9.17) is 19.4 Å². The van der Waals surface area contributed by atoms with Gasteiger partial charge >= 0.3 is 11.9 Å². The number of ether oxygens (including phenoxy) is 2. The number of pyridine rings is 4. The second-order valence-corrected chi connectivity index (χ2v) is 12.8. The van der Waals surface area contributed by atoms with Gasteiger partial charge in [0.05, 0.1) is 35.6 Å². The van der Waals surface area contributed by atoms with E-state index in [1.165, 1.54) is 0 Å². The van der Waals surface area contributed by atoms with E-state index < -0.39 is 11.9 Å². The van der Waals surface area contributed by atoms with Crippen LogP contribution in [0.3, 0.4) is 0 Å². The number of aromatic nitrogens is 6. The molecule has 0 bridgehead atoms. The topological polar surface area (TPSA) is 114 Å². The van der Waals surface area contributed by atoms with Gasteiger partial charge in [0.15, 0.2) is 0 Å². The third kappa shape index (κ3) is 6.65. The molecule has 11 heteroatoms. The van der Waals surface area contributed by atoms with Crippen molar-refractivity contribution in [1.29, 1.82) is 0 Å². The first-order chi connectivity index (χ1) is 26.1. The van der Waals surface area contributed by atoms with Crippen molar-refractivity contribution in [3.63, 3.8) is 0 Å². The van der Waals surface area contributed by atoms with Crippen molar-refractivity contribution in [1.82, 2.24) is 29.1 Å². The summed E-state index contributed by atoms with van der Waals surface area (Å²) in [4.78, 5) is 44.4. The Morgan fingerprint density at radius 3 is 1.43 bits per heavy atom. The first-order valence-corrected chi connectivity index (χ1v) is 18.1. The number of benzene rings is 2. The normalized spacial score (nSPS) is 11.3. The highest BCUT2D eigenvalue weighted by Gasteiger charge is 2.23. The largest absolute Gasteiger partial charge is 0.461 e. The highest BCUT2D eigenvalue weighted by atomic mass is 35.5. The number of hydrogen-bond donors (Lipinski definition) is 0. The molecule has 0 unspecified atom stereocenters. The number of esters is 2. The van der Waals surface area contributed by atoms with Gasteiger partial charge in [0, 0.05) is 81.6 Å². The first kappa shape index (κ1) is 36.2. The van der Waals surface area contributed by atoms with Gasteiger partial charge in [-0.15, -0.1) is 12.4 Å². The Bertz CT molecular complexity index is 2440. The Balaban J connectivity index is 0.00000450. The minimum atomic E-state index is -0.444. The summed E-state index contributed by atoms with van der Waals surface area (Å²) in [6.45, 7) is 5.65. The highest BCUT2D eigenvalue weighted by molar-refractivity contribution is 6.14. The number of hydrogen-bond acceptors (Lipinski definition) is 8. The lowest BCUT2D eigenvalue weighted by Crippen LogP contribution is -2.09. The van der Waals surface area contributed by atoms with E-state index in [9.17, 15) is 9.59 Å². The fourth-order valence-electron chi connectivity index (χ4n) is 7.36. The van der Waals surface area contributed by atoms with Gasteiger partial charge in [-0.25, -0.2) is 19.6 Å². The van der Waals surface area contributed by atoms with Crippen LogP contribution in [0.1, 0.15) is 54.1 Å². The third-order valence-corrected chi connectivity index (χ3v) is 9.60. The summed E-state index contributed by atoms with van der Waals surface area (Å²) >= 11 is 0. The highest BCUT2D eigenvalue weighted by Crippen LogP contribution is 2.38. The van der Waals surface area contributed by atoms with Gasteiger partial charge in [-0.3, -0.25) is 9.97 Å². The average Bonchev–Trinajstić information content (AvgIpc) is 3.70. The summed E-state index contributed by atoms with van der Waals surface area (Å²) < 4.78 is 15.4. The number of carbonyl (C=O) groups excluding carboxylic acids is 2. The van der Waals surface area contributed by atoms with Crippen LogP contribution >= 0.6 is 12.4 Å². The maximum absolute atomic E-state index is 13.0. The smallest absolute Gasteiger partial charge is 0.356 e. The monoisotopic (exact) mass is 738 g/mol. The molecule has 0 aliphatic carbocycles. The molecule has 0 atom stereocenters. The zero-order valence-electron chi connectivity index (χ0n) is 30.1. The Hall–Kier alpha value is -6.13. The van der Waals surface area contributed by atoms with Crippen LogP contribution in [-0.2, 0) is 22.6 Å². The third-order valence-electron chi connectivity index (χ3n) is 9.60. The van der Waals surface area contributed by atoms with E-state index in [1.54, 1.807) is 38.6 Å². The molecule has 0 fully saturated rings. The summed E-state index contributed by atoms with van der Waals surface area (Å²) in [6.07, 6.45) is 9.82. The summed E-state index contributed by atoms with van der Waals surface area (Å²) in [6, 6.07) is 28.0. The minimum absolute atomic E-state index is 0. The molecule has 6 heterocycles. The molecule has 8 aromatic rings. The molecule has 54 heavy (non-hydrogen) atoms. The Morgan fingerprint density at radius 2 is 1.02 bits per heavy atom. The number of aryl methyl sites for hydroxylation is 2. The number of fused-ring (bicyclic) bond motifs is 6. The maximum atomic E-state index is 13.0. The predicted molar refractivity (Wildman–Crippen MR) is 214 cm³/mol. The standard InChI is InChI=1S/C43H38N6O4.ClH/c1-3-52-42(50)34-24-32-30-16-6-8-18-36(30)48(40(32)38(46-34)28-14-12-20-44-26-28)22-10-5-11-23-49-37-19-9-7-17-31(37)33-25-35(43(51)53-4-2)47-39(41(33)49)29-15-13-21-45-27-29;/h6-9,12-21,24-27H,3-5,10-11,22-23H2,1-2H3;1H. The number of rotatable bonds is 12. The van der Waals surface area contributed by atoms with Gasteiger partial charge in [-0.05, 0) is 81.6 Å². The summed E-state index contributed by atoms with van der Waals surface area (Å²) in [7, 11) is 0. The Kier molecular flexibility index (Phi) is 10.6. The van der Waals surface area contributed by atoms with E-state index in [0.29, 0.717) is 11.4 Å². The molecule has 0 aliphatic rings. The van der Waals surface area contributed by atoms with Crippen LogP contribution in [0.25, 0.3) is 66.1 Å². The molecule has 0 N–H and O–H groups in total. The van der Waals surface area contributed by atoms with Gasteiger partial charge in [0.25, 0.3) is 0 Å². The SMILES string of the molecule is CCOC(=O)c1cc2c3ccccc3n(CCCCCn3c4ccccc4c4cc(C(=O)OCC)nc(-c5cccnc5)c43)c2c(-c2cccnc2)n1.Cl. The average molecular weight is 739 g/mol. The van der Waals surface area contributed by atoms with Gasteiger partial charge in [0.2, 0.25) is 0 Å². The molecule has 0 radical (unpaired) electrons. The summed E-state index contributed by atoms with van der Waals surface area (Å²) in [5.41, 5.74) is 7.76. The maximum Gasteiger partial charge on any atom is 0.356 e. The van der Waals surface area contributed by atoms with E-state index in [0.717, 1.165) is 87.1 Å². The molecular formula is C43H39ClN6O4. The number of unbranched alkanes of at least 4 members (excludes halogenated alkanes) is 2. The van der Waals surface area contributed by atoms with E-state index in [2.05, 4.69) is 43.4 Å². The number of nitrogens with zero attached hydrogens (tertiary/aromatic N) is 6. The molecule has 0 aliphatic heterocycles. The van der Waals surface area contributed by atoms with Crippen molar-refractivity contribution in [2.24, 2.45) is 0 Å². The van der Waals surface area contributed by atoms with Crippen molar-refractivity contribution >= 4 is 68.0 Å². The van der Waals surface area contributed by atoms with Crippen LogP contribution in [0.15, 0.2) is 110 Å². The number of halogens is 1. The fourth-order valence-corrected chi connectivity index (χ4v) is 7.36. The molecule has 0 saturated heterocycles. The molecule has 272 valence electrons. The second-order valence-electron chi connectivity index (χ2n) is 12.8. The van der Waals surface area contributed by atoms with Crippen LogP contribution < -0.4 is 0 Å². The Morgan fingerprint density at radius 1 is 0.574 bits per heavy atom. The van der Waals surface area contributed by atoms with Gasteiger partial charge in [-0.2, -0.15) is 0 Å². The van der Waals surface area contributed by atoms with Crippen molar-refractivity contribution in [2.45, 2.75) is 46.2 Å². The molecule has 0 amide bonds.